The molecule has 0 saturated heterocycles. The third kappa shape index (κ3) is 3.41. The lowest BCUT2D eigenvalue weighted by Gasteiger charge is -2.09. The van der Waals surface area contributed by atoms with Crippen LogP contribution in [0, 0.1) is 0 Å². The molecule has 1 N–H and O–H groups in total. The van der Waals surface area contributed by atoms with Crippen molar-refractivity contribution in [1.82, 2.24) is 4.98 Å². The van der Waals surface area contributed by atoms with Crippen molar-refractivity contribution in [1.29, 1.82) is 0 Å². The van der Waals surface area contributed by atoms with Crippen LogP contribution in [-0.2, 0) is 16.0 Å². The highest BCUT2D eigenvalue weighted by atomic mass is 16.5. The lowest BCUT2D eigenvalue weighted by atomic mass is 10.1. The van der Waals surface area contributed by atoms with Crippen LogP contribution in [0.2, 0.25) is 0 Å². The Kier molecular flexibility index (Phi) is 4.72. The normalized spacial score (nSPS) is 10.9. The predicted octanol–water partition coefficient (Wildman–Crippen LogP) is 2.35. The van der Waals surface area contributed by atoms with Crippen molar-refractivity contribution in [2.24, 2.45) is 0 Å². The minimum absolute atomic E-state index is 0.000365. The molecule has 0 saturated carbocycles. The summed E-state index contributed by atoms with van der Waals surface area (Å²) in [6.07, 6.45) is -0.533. The number of aromatic nitrogens is 1. The number of rotatable bonds is 5. The zero-order valence-electron chi connectivity index (χ0n) is 14.6. The number of hydrogen-bond acceptors (Lipinski definition) is 7. The number of nitrogens with zero attached hydrogens (tertiary/aromatic N) is 1. The van der Waals surface area contributed by atoms with Gasteiger partial charge in [0.2, 0.25) is 11.1 Å². The fraction of sp³-hybridized carbons (Fsp3) is 0.211. The van der Waals surface area contributed by atoms with Crippen molar-refractivity contribution in [3.8, 4) is 0 Å². The van der Waals surface area contributed by atoms with Gasteiger partial charge in [-0.2, -0.15) is 0 Å². The first-order chi connectivity index (χ1) is 12.8. The molecule has 3 rings (SSSR count). The number of ether oxygens (including phenoxy) is 1. The molecule has 1 aromatic carbocycles. The smallest absolute Gasteiger partial charge is 0.340 e. The molecule has 0 spiro atoms. The number of pyridine rings is 1. The average molecular weight is 369 g/mol. The molecule has 0 aliphatic rings. The molecule has 0 unspecified atom stereocenters. The second kappa shape index (κ2) is 6.99. The maximum Gasteiger partial charge on any atom is 0.340 e. The van der Waals surface area contributed by atoms with E-state index in [1.54, 1.807) is 6.92 Å². The molecule has 0 aliphatic carbocycles. The van der Waals surface area contributed by atoms with Gasteiger partial charge in [0.05, 0.1) is 35.1 Å². The first kappa shape index (κ1) is 18.2. The van der Waals surface area contributed by atoms with Crippen LogP contribution in [0.1, 0.15) is 40.3 Å². The summed E-state index contributed by atoms with van der Waals surface area (Å²) in [4.78, 5) is 51.8. The lowest BCUT2D eigenvalue weighted by molar-refractivity contribution is -0.136. The molecule has 0 radical (unpaired) electrons. The molecule has 0 atom stereocenters. The predicted molar refractivity (Wildman–Crippen MR) is 95.1 cm³/mol. The number of carbonyl (C=O) groups excluding carboxylic acids is 2. The zero-order chi connectivity index (χ0) is 19.7. The van der Waals surface area contributed by atoms with Crippen molar-refractivity contribution < 1.29 is 28.6 Å². The number of carbonyl (C=O) groups is 3. The number of ketones is 1. The second-order valence-electron chi connectivity index (χ2n) is 5.82. The van der Waals surface area contributed by atoms with Crippen molar-refractivity contribution in [3.63, 3.8) is 0 Å². The third-order valence-corrected chi connectivity index (χ3v) is 3.96. The Morgan fingerprint density at radius 3 is 2.56 bits per heavy atom. The Hall–Kier alpha value is -3.55. The van der Waals surface area contributed by atoms with E-state index in [4.69, 9.17) is 14.3 Å². The van der Waals surface area contributed by atoms with Crippen LogP contribution in [0.3, 0.4) is 0 Å². The summed E-state index contributed by atoms with van der Waals surface area (Å²) in [6.45, 7) is 3.06. The van der Waals surface area contributed by atoms with Crippen LogP contribution >= 0.6 is 0 Å². The van der Waals surface area contributed by atoms with Crippen molar-refractivity contribution in [2.45, 2.75) is 20.3 Å². The Balaban J connectivity index is 2.34. The van der Waals surface area contributed by atoms with E-state index in [9.17, 15) is 19.2 Å². The van der Waals surface area contributed by atoms with Gasteiger partial charge in [0.15, 0.2) is 5.78 Å². The van der Waals surface area contributed by atoms with Crippen molar-refractivity contribution >= 4 is 39.8 Å². The van der Waals surface area contributed by atoms with Crippen LogP contribution in [0.15, 0.2) is 33.5 Å². The van der Waals surface area contributed by atoms with Gasteiger partial charge in [-0.05, 0) is 38.1 Å². The summed E-state index contributed by atoms with van der Waals surface area (Å²) in [7, 11) is 0. The van der Waals surface area contributed by atoms with E-state index in [0.29, 0.717) is 5.56 Å². The molecule has 0 bridgehead atoms. The molecule has 3 aromatic rings. The quantitative estimate of drug-likeness (QED) is 0.413. The molecule has 138 valence electrons. The van der Waals surface area contributed by atoms with E-state index in [1.807, 2.05) is 0 Å². The van der Waals surface area contributed by atoms with Gasteiger partial charge in [-0.3, -0.25) is 14.4 Å². The highest BCUT2D eigenvalue weighted by Gasteiger charge is 2.21. The fourth-order valence-corrected chi connectivity index (χ4v) is 2.70. The van der Waals surface area contributed by atoms with Gasteiger partial charge in [-0.25, -0.2) is 9.78 Å². The molecule has 27 heavy (non-hydrogen) atoms. The number of Topliss-reactive ketones (excluding diaryl/α,β-unsaturated/α-hetero) is 1. The number of fused-ring (bicyclic) bond motifs is 2. The number of hydrogen-bond donors (Lipinski definition) is 1. The zero-order valence-corrected chi connectivity index (χ0v) is 14.6. The summed E-state index contributed by atoms with van der Waals surface area (Å²) in [6, 6.07) is 5.64. The Morgan fingerprint density at radius 1 is 1.19 bits per heavy atom. The first-order valence-electron chi connectivity index (χ1n) is 8.12. The maximum atomic E-state index is 12.8. The molecule has 0 aliphatic heterocycles. The topological polar surface area (TPSA) is 124 Å². The molecule has 8 nitrogen and oxygen atoms in total. The van der Waals surface area contributed by atoms with Gasteiger partial charge >= 0.3 is 11.9 Å². The highest BCUT2D eigenvalue weighted by molar-refractivity contribution is 6.00. The molecule has 2 aromatic heterocycles. The molecule has 8 heteroatoms. The van der Waals surface area contributed by atoms with Crippen LogP contribution in [0.5, 0.6) is 0 Å². The van der Waals surface area contributed by atoms with Crippen LogP contribution in [-0.4, -0.2) is 34.4 Å². The van der Waals surface area contributed by atoms with E-state index in [2.05, 4.69) is 4.98 Å². The maximum absolute atomic E-state index is 12.8. The monoisotopic (exact) mass is 369 g/mol. The van der Waals surface area contributed by atoms with Crippen LogP contribution in [0.25, 0.3) is 22.1 Å². The van der Waals surface area contributed by atoms with E-state index in [0.717, 1.165) is 0 Å². The van der Waals surface area contributed by atoms with E-state index in [1.165, 1.54) is 31.2 Å². The number of carboxylic acids is 1. The molecule has 0 fully saturated rings. The standard InChI is InChI=1S/C19H15NO7/c1-3-26-19(25)11-7-13-17(24)12-6-10(9(2)21)4-5-15(12)27-18(13)20-14(11)8-16(22)23/h4-7H,3,8H2,1-2H3,(H,22,23). The molecular weight excluding hydrogens is 354 g/mol. The minimum Gasteiger partial charge on any atom is -0.481 e. The van der Waals surface area contributed by atoms with Crippen molar-refractivity contribution in [2.75, 3.05) is 6.61 Å². The first-order valence-corrected chi connectivity index (χ1v) is 8.12. The van der Waals surface area contributed by atoms with Crippen LogP contribution in [0.4, 0.5) is 0 Å². The summed E-state index contributed by atoms with van der Waals surface area (Å²) < 4.78 is 10.5. The Labute approximate surface area is 152 Å². The van der Waals surface area contributed by atoms with E-state index in [-0.39, 0.29) is 45.7 Å². The van der Waals surface area contributed by atoms with E-state index < -0.39 is 23.8 Å². The Morgan fingerprint density at radius 2 is 1.93 bits per heavy atom. The number of aliphatic carboxylic acids is 1. The fourth-order valence-electron chi connectivity index (χ4n) is 2.70. The van der Waals surface area contributed by atoms with Gasteiger partial charge in [0, 0.05) is 5.56 Å². The van der Waals surface area contributed by atoms with Crippen molar-refractivity contribution in [3.05, 3.63) is 51.3 Å². The molecule has 0 amide bonds. The van der Waals surface area contributed by atoms with E-state index >= 15 is 0 Å². The Bertz CT molecular complexity index is 1160. The summed E-state index contributed by atoms with van der Waals surface area (Å²) in [5, 5.41) is 9.23. The van der Waals surface area contributed by atoms with Gasteiger partial charge in [0.25, 0.3) is 0 Å². The average Bonchev–Trinajstić information content (AvgIpc) is 2.60. The molecular formula is C19H15NO7. The summed E-state index contributed by atoms with van der Waals surface area (Å²) >= 11 is 0. The summed E-state index contributed by atoms with van der Waals surface area (Å²) in [5.41, 5.74) is -0.190. The number of carboxylic acid groups (broad SMARTS) is 1. The highest BCUT2D eigenvalue weighted by Crippen LogP contribution is 2.22. The number of benzene rings is 1. The largest absolute Gasteiger partial charge is 0.481 e. The lowest BCUT2D eigenvalue weighted by Crippen LogP contribution is -2.15. The van der Waals surface area contributed by atoms with Gasteiger partial charge in [-0.15, -0.1) is 0 Å². The van der Waals surface area contributed by atoms with Gasteiger partial charge in [0.1, 0.15) is 5.58 Å². The van der Waals surface area contributed by atoms with Crippen LogP contribution < -0.4 is 5.43 Å². The third-order valence-electron chi connectivity index (χ3n) is 3.96. The SMILES string of the molecule is CCOC(=O)c1cc2c(=O)c3cc(C(C)=O)ccc3oc2nc1CC(=O)O. The summed E-state index contributed by atoms with van der Waals surface area (Å²) in [5.74, 6) is -2.18. The van der Waals surface area contributed by atoms with Gasteiger partial charge < -0.3 is 14.3 Å². The second-order valence-corrected chi connectivity index (χ2v) is 5.82. The van der Waals surface area contributed by atoms with Gasteiger partial charge in [-0.1, -0.05) is 0 Å². The number of esters is 1. The molecule has 2 heterocycles. The minimum atomic E-state index is -1.19.